The third kappa shape index (κ3) is 6.16. The molecule has 3 heterocycles. The molecule has 2 aromatic carbocycles. The summed E-state index contributed by atoms with van der Waals surface area (Å²) in [4.78, 5) is 25.9. The summed E-state index contributed by atoms with van der Waals surface area (Å²) < 4.78 is 23.8. The van der Waals surface area contributed by atoms with E-state index in [9.17, 15) is 15.0 Å². The van der Waals surface area contributed by atoms with Gasteiger partial charge in [0.15, 0.2) is 41.3 Å². The molecule has 0 bridgehead atoms. The number of ether oxygens (including phenoxy) is 4. The van der Waals surface area contributed by atoms with Crippen molar-refractivity contribution in [3.63, 3.8) is 0 Å². The second-order valence-corrected chi connectivity index (χ2v) is 9.35. The number of aliphatic hydroxyl groups excluding tert-OH is 2. The molecule has 0 aliphatic carbocycles. The molecule has 1 aliphatic heterocycles. The van der Waals surface area contributed by atoms with E-state index in [-0.39, 0.29) is 6.61 Å². The van der Waals surface area contributed by atoms with E-state index in [4.69, 9.17) is 18.9 Å². The summed E-state index contributed by atoms with van der Waals surface area (Å²) in [6.45, 7) is -0.139. The van der Waals surface area contributed by atoms with Crippen molar-refractivity contribution < 1.29 is 34.0 Å². The van der Waals surface area contributed by atoms with Gasteiger partial charge in [0.1, 0.15) is 30.3 Å². The summed E-state index contributed by atoms with van der Waals surface area (Å²) in [6, 6.07) is 13.8. The van der Waals surface area contributed by atoms with Crippen LogP contribution in [0.3, 0.4) is 0 Å². The zero-order valence-electron chi connectivity index (χ0n) is 22.6. The molecule has 41 heavy (non-hydrogen) atoms. The van der Waals surface area contributed by atoms with Crippen LogP contribution in [0, 0.1) is 0 Å². The van der Waals surface area contributed by atoms with Crippen molar-refractivity contribution in [1.82, 2.24) is 24.8 Å². The molecule has 0 saturated carbocycles. The van der Waals surface area contributed by atoms with Crippen LogP contribution >= 0.6 is 0 Å². The Bertz CT molecular complexity index is 1470. The van der Waals surface area contributed by atoms with Gasteiger partial charge in [-0.3, -0.25) is 9.36 Å². The Morgan fingerprint density at radius 3 is 2.63 bits per heavy atom. The Hall–Kier alpha value is -4.46. The number of methoxy groups -OCH3 is 2. The number of carbonyl (C=O) groups excluding carboxylic acids is 1. The minimum Gasteiger partial charge on any atom is -0.493 e. The number of hydrogen-bond acceptors (Lipinski definition) is 11. The first-order valence-electron chi connectivity index (χ1n) is 13.1. The molecule has 4 atom stereocenters. The van der Waals surface area contributed by atoms with Gasteiger partial charge in [-0.05, 0) is 36.2 Å². The number of aliphatic hydroxyl groups is 2. The number of imidazole rings is 1. The summed E-state index contributed by atoms with van der Waals surface area (Å²) in [5.74, 6) is 1.92. The molecular formula is C28H32N6O7. The number of fused-ring (bicyclic) bond motifs is 1. The van der Waals surface area contributed by atoms with Crippen molar-refractivity contribution in [2.75, 3.05) is 39.3 Å². The van der Waals surface area contributed by atoms with Crippen LogP contribution in [-0.4, -0.2) is 87.9 Å². The molecule has 0 spiro atoms. The van der Waals surface area contributed by atoms with Gasteiger partial charge in [-0.25, -0.2) is 15.0 Å². The third-order valence-corrected chi connectivity index (χ3v) is 6.78. The van der Waals surface area contributed by atoms with Gasteiger partial charge < -0.3 is 39.8 Å². The summed E-state index contributed by atoms with van der Waals surface area (Å²) in [5, 5.41) is 26.7. The standard InChI is InChI=1S/C28H32N6O7/c1-38-19-9-8-17(12-20(19)39-2)10-11-29-26-24-27(31-15-30-26)34(16-32-24)28-23(25(37)21(13-35)41-28)33-22(36)14-40-18-6-4-3-5-7-18/h3-9,12,15-16,21,23,25,28,35,37H,10-11,13-14H2,1-2H3,(H,33,36)(H,29,30,31)/t21-,23-,25-,28-/m1/s1. The lowest BCUT2D eigenvalue weighted by atomic mass is 10.1. The first kappa shape index (κ1) is 28.1. The number of amides is 1. The Kier molecular flexibility index (Phi) is 8.77. The molecule has 216 valence electrons. The molecule has 0 radical (unpaired) electrons. The predicted molar refractivity (Wildman–Crippen MR) is 148 cm³/mol. The highest BCUT2D eigenvalue weighted by atomic mass is 16.5. The van der Waals surface area contributed by atoms with Crippen LogP contribution in [0.2, 0.25) is 0 Å². The summed E-state index contributed by atoms with van der Waals surface area (Å²) in [5.41, 5.74) is 1.97. The fourth-order valence-corrected chi connectivity index (χ4v) is 4.71. The van der Waals surface area contributed by atoms with Crippen LogP contribution in [0.1, 0.15) is 11.8 Å². The summed E-state index contributed by atoms with van der Waals surface area (Å²) >= 11 is 0. The minimum atomic E-state index is -1.18. The average molecular weight is 565 g/mol. The number of nitrogens with zero attached hydrogens (tertiary/aromatic N) is 4. The summed E-state index contributed by atoms with van der Waals surface area (Å²) in [7, 11) is 3.19. The van der Waals surface area contributed by atoms with Crippen molar-refractivity contribution in [1.29, 1.82) is 0 Å². The maximum Gasteiger partial charge on any atom is 0.258 e. The lowest BCUT2D eigenvalue weighted by Gasteiger charge is -2.23. The van der Waals surface area contributed by atoms with Gasteiger partial charge in [0.2, 0.25) is 0 Å². The Morgan fingerprint density at radius 1 is 1.07 bits per heavy atom. The molecule has 1 fully saturated rings. The monoisotopic (exact) mass is 564 g/mol. The van der Waals surface area contributed by atoms with Crippen molar-refractivity contribution >= 4 is 22.9 Å². The number of hydrogen-bond donors (Lipinski definition) is 4. The number of para-hydroxylation sites is 1. The molecule has 1 saturated heterocycles. The normalized spacial score (nSPS) is 20.1. The lowest BCUT2D eigenvalue weighted by Crippen LogP contribution is -2.48. The molecule has 0 unspecified atom stereocenters. The van der Waals surface area contributed by atoms with Gasteiger partial charge in [0, 0.05) is 6.54 Å². The van der Waals surface area contributed by atoms with E-state index in [1.165, 1.54) is 12.7 Å². The third-order valence-electron chi connectivity index (χ3n) is 6.78. The Balaban J connectivity index is 1.29. The number of carbonyl (C=O) groups is 1. The second-order valence-electron chi connectivity index (χ2n) is 9.35. The first-order chi connectivity index (χ1) is 20.0. The van der Waals surface area contributed by atoms with Gasteiger partial charge >= 0.3 is 0 Å². The molecule has 4 aromatic rings. The topological polar surface area (TPSA) is 162 Å². The van der Waals surface area contributed by atoms with Crippen LogP contribution in [0.4, 0.5) is 5.82 Å². The van der Waals surface area contributed by atoms with E-state index in [1.54, 1.807) is 43.1 Å². The SMILES string of the molecule is COc1ccc(CCNc2ncnc3c2ncn3[C@@H]2O[C@H](CO)[C@@H](O)[C@H]2NC(=O)COc2ccccc2)cc1OC. The van der Waals surface area contributed by atoms with Crippen LogP contribution in [0.15, 0.2) is 61.2 Å². The molecule has 1 amide bonds. The molecule has 2 aromatic heterocycles. The van der Waals surface area contributed by atoms with Gasteiger partial charge in [-0.15, -0.1) is 0 Å². The molecule has 13 heteroatoms. The molecular weight excluding hydrogens is 532 g/mol. The lowest BCUT2D eigenvalue weighted by molar-refractivity contribution is -0.125. The maximum atomic E-state index is 12.7. The van der Waals surface area contributed by atoms with Gasteiger partial charge in [0.05, 0.1) is 27.2 Å². The van der Waals surface area contributed by atoms with Crippen LogP contribution in [0.25, 0.3) is 11.2 Å². The molecule has 1 aliphatic rings. The zero-order valence-corrected chi connectivity index (χ0v) is 22.6. The summed E-state index contributed by atoms with van der Waals surface area (Å²) in [6.07, 6.45) is 0.609. The maximum absolute atomic E-state index is 12.7. The fraction of sp³-hybridized carbons (Fsp3) is 0.357. The van der Waals surface area contributed by atoms with Crippen molar-refractivity contribution in [2.24, 2.45) is 0 Å². The van der Waals surface area contributed by atoms with Crippen molar-refractivity contribution in [3.05, 3.63) is 66.7 Å². The smallest absolute Gasteiger partial charge is 0.258 e. The number of anilines is 1. The van der Waals surface area contributed by atoms with Crippen LogP contribution in [0.5, 0.6) is 17.2 Å². The quantitative estimate of drug-likeness (QED) is 0.196. The number of aromatic nitrogens is 4. The van der Waals surface area contributed by atoms with Crippen molar-refractivity contribution in [2.45, 2.75) is 30.9 Å². The Labute approximate surface area is 236 Å². The fourth-order valence-electron chi connectivity index (χ4n) is 4.71. The molecule has 4 N–H and O–H groups in total. The first-order valence-corrected chi connectivity index (χ1v) is 13.1. The zero-order chi connectivity index (χ0) is 28.8. The van der Waals surface area contributed by atoms with Crippen LogP contribution < -0.4 is 24.8 Å². The minimum absolute atomic E-state index is 0.259. The molecule has 5 rings (SSSR count). The van der Waals surface area contributed by atoms with Crippen LogP contribution in [-0.2, 0) is 16.0 Å². The number of benzene rings is 2. The average Bonchev–Trinajstić information content (AvgIpc) is 3.57. The molecule has 13 nitrogen and oxygen atoms in total. The van der Waals surface area contributed by atoms with Gasteiger partial charge in [-0.1, -0.05) is 24.3 Å². The highest BCUT2D eigenvalue weighted by Gasteiger charge is 2.45. The highest BCUT2D eigenvalue weighted by Crippen LogP contribution is 2.32. The largest absolute Gasteiger partial charge is 0.493 e. The van der Waals surface area contributed by atoms with E-state index in [0.717, 1.165) is 5.56 Å². The van der Waals surface area contributed by atoms with E-state index >= 15 is 0 Å². The van der Waals surface area contributed by atoms with E-state index in [0.29, 0.717) is 47.2 Å². The van der Waals surface area contributed by atoms with Crippen molar-refractivity contribution in [3.8, 4) is 17.2 Å². The second kappa shape index (κ2) is 12.8. The Morgan fingerprint density at radius 2 is 1.88 bits per heavy atom. The van der Waals surface area contributed by atoms with Gasteiger partial charge in [-0.2, -0.15) is 0 Å². The van der Waals surface area contributed by atoms with E-state index in [2.05, 4.69) is 25.6 Å². The number of rotatable bonds is 12. The van der Waals surface area contributed by atoms with Gasteiger partial charge in [0.25, 0.3) is 5.91 Å². The van der Waals surface area contributed by atoms with E-state index < -0.39 is 37.0 Å². The highest BCUT2D eigenvalue weighted by molar-refractivity contribution is 5.83. The van der Waals surface area contributed by atoms with E-state index in [1.807, 2.05) is 24.3 Å². The number of nitrogens with one attached hydrogen (secondary N) is 2. The predicted octanol–water partition coefficient (Wildman–Crippen LogP) is 1.31.